The predicted molar refractivity (Wildman–Crippen MR) is 117 cm³/mol. The van der Waals surface area contributed by atoms with Gasteiger partial charge >= 0.3 is 0 Å². The van der Waals surface area contributed by atoms with Crippen LogP contribution in [0.1, 0.15) is 10.4 Å². The van der Waals surface area contributed by atoms with E-state index in [1.807, 2.05) is 0 Å². The van der Waals surface area contributed by atoms with Gasteiger partial charge in [-0.25, -0.2) is 18.7 Å². The van der Waals surface area contributed by atoms with Gasteiger partial charge in [0.05, 0.1) is 5.02 Å². The molecule has 4 rings (SSSR count). The van der Waals surface area contributed by atoms with Gasteiger partial charge in [-0.15, -0.1) is 0 Å². The molecule has 0 saturated heterocycles. The molecule has 0 bridgehead atoms. The van der Waals surface area contributed by atoms with Crippen molar-refractivity contribution in [2.24, 2.45) is 0 Å². The van der Waals surface area contributed by atoms with Gasteiger partial charge in [-0.1, -0.05) is 23.7 Å². The molecule has 0 radical (unpaired) electrons. The molecule has 4 aromatic rings. The summed E-state index contributed by atoms with van der Waals surface area (Å²) in [6.45, 7) is 0. The summed E-state index contributed by atoms with van der Waals surface area (Å²) in [6, 6.07) is 18.4. The highest BCUT2D eigenvalue weighted by Gasteiger charge is 2.09. The SMILES string of the molecule is O=C(Nc1ccc(F)c(Cl)c1)c1ccc(Nc2ccnc(-c3cccc(F)c3)n2)cc1. The van der Waals surface area contributed by atoms with Gasteiger partial charge in [0, 0.05) is 28.7 Å². The molecule has 5 nitrogen and oxygen atoms in total. The molecule has 0 saturated carbocycles. The summed E-state index contributed by atoms with van der Waals surface area (Å²) in [5, 5.41) is 5.72. The minimum atomic E-state index is -0.555. The van der Waals surface area contributed by atoms with Gasteiger partial charge in [0.1, 0.15) is 17.5 Å². The van der Waals surface area contributed by atoms with Crippen molar-refractivity contribution in [1.29, 1.82) is 0 Å². The second-order valence-corrected chi connectivity index (χ2v) is 6.97. The van der Waals surface area contributed by atoms with Crippen molar-refractivity contribution in [2.45, 2.75) is 0 Å². The lowest BCUT2D eigenvalue weighted by Crippen LogP contribution is -2.11. The molecule has 8 heteroatoms. The molecule has 0 spiro atoms. The number of anilines is 3. The first-order valence-electron chi connectivity index (χ1n) is 9.20. The molecule has 154 valence electrons. The number of hydrogen-bond acceptors (Lipinski definition) is 4. The molecule has 31 heavy (non-hydrogen) atoms. The van der Waals surface area contributed by atoms with Gasteiger partial charge in [-0.3, -0.25) is 4.79 Å². The maximum atomic E-state index is 13.5. The number of halogens is 3. The fourth-order valence-corrected chi connectivity index (χ4v) is 3.01. The largest absolute Gasteiger partial charge is 0.340 e. The zero-order chi connectivity index (χ0) is 21.8. The fourth-order valence-electron chi connectivity index (χ4n) is 2.82. The summed E-state index contributed by atoms with van der Waals surface area (Å²) in [7, 11) is 0. The van der Waals surface area contributed by atoms with Crippen LogP contribution in [0.4, 0.5) is 26.0 Å². The Labute approximate surface area is 181 Å². The summed E-state index contributed by atoms with van der Waals surface area (Å²) >= 11 is 5.74. The molecule has 1 heterocycles. The number of aromatic nitrogens is 2. The van der Waals surface area contributed by atoms with Crippen LogP contribution < -0.4 is 10.6 Å². The van der Waals surface area contributed by atoms with E-state index in [4.69, 9.17) is 11.6 Å². The number of carbonyl (C=O) groups is 1. The summed E-state index contributed by atoms with van der Waals surface area (Å²) in [4.78, 5) is 21.0. The number of benzene rings is 3. The van der Waals surface area contributed by atoms with E-state index in [0.29, 0.717) is 34.1 Å². The third-order valence-electron chi connectivity index (χ3n) is 4.34. The van der Waals surface area contributed by atoms with Crippen LogP contribution in [0.3, 0.4) is 0 Å². The van der Waals surface area contributed by atoms with Crippen LogP contribution in [0.25, 0.3) is 11.4 Å². The van der Waals surface area contributed by atoms with Crippen molar-refractivity contribution < 1.29 is 13.6 Å². The molecular formula is C23H15ClF2N4O. The van der Waals surface area contributed by atoms with Crippen molar-refractivity contribution in [2.75, 3.05) is 10.6 Å². The van der Waals surface area contributed by atoms with Crippen molar-refractivity contribution in [3.05, 3.63) is 101 Å². The van der Waals surface area contributed by atoms with Gasteiger partial charge in [-0.05, 0) is 60.7 Å². The number of amides is 1. The van der Waals surface area contributed by atoms with Crippen molar-refractivity contribution in [1.82, 2.24) is 9.97 Å². The zero-order valence-electron chi connectivity index (χ0n) is 15.9. The molecule has 0 atom stereocenters. The van der Waals surface area contributed by atoms with Crippen LogP contribution in [0, 0.1) is 11.6 Å². The summed E-state index contributed by atoms with van der Waals surface area (Å²) < 4.78 is 26.7. The van der Waals surface area contributed by atoms with Gasteiger partial charge in [0.25, 0.3) is 5.91 Å². The first kappa shape index (κ1) is 20.4. The number of nitrogens with zero attached hydrogens (tertiary/aromatic N) is 2. The highest BCUT2D eigenvalue weighted by Crippen LogP contribution is 2.22. The minimum absolute atomic E-state index is 0.0696. The Morgan fingerprint density at radius 3 is 2.42 bits per heavy atom. The first-order valence-corrected chi connectivity index (χ1v) is 9.58. The Balaban J connectivity index is 1.45. The number of nitrogens with one attached hydrogen (secondary N) is 2. The lowest BCUT2D eigenvalue weighted by molar-refractivity contribution is 0.102. The maximum Gasteiger partial charge on any atom is 0.255 e. The highest BCUT2D eigenvalue weighted by molar-refractivity contribution is 6.31. The van der Waals surface area contributed by atoms with Gasteiger partial charge < -0.3 is 10.6 Å². The van der Waals surface area contributed by atoms with Crippen LogP contribution in [-0.2, 0) is 0 Å². The second-order valence-electron chi connectivity index (χ2n) is 6.56. The van der Waals surface area contributed by atoms with E-state index in [1.54, 1.807) is 48.7 Å². The van der Waals surface area contributed by atoms with E-state index < -0.39 is 5.82 Å². The molecule has 0 fully saturated rings. The lowest BCUT2D eigenvalue weighted by atomic mass is 10.2. The Hall–Kier alpha value is -3.84. The molecule has 0 aliphatic heterocycles. The van der Waals surface area contributed by atoms with Crippen LogP contribution in [0.5, 0.6) is 0 Å². The van der Waals surface area contributed by atoms with E-state index in [1.165, 1.54) is 30.3 Å². The lowest BCUT2D eigenvalue weighted by Gasteiger charge is -2.09. The molecule has 3 aromatic carbocycles. The third kappa shape index (κ3) is 5.02. The van der Waals surface area contributed by atoms with E-state index in [-0.39, 0.29) is 16.7 Å². The third-order valence-corrected chi connectivity index (χ3v) is 4.63. The molecular weight excluding hydrogens is 422 g/mol. The number of rotatable bonds is 5. The van der Waals surface area contributed by atoms with Crippen molar-refractivity contribution >= 4 is 34.7 Å². The van der Waals surface area contributed by atoms with Crippen LogP contribution in [0.2, 0.25) is 5.02 Å². The maximum absolute atomic E-state index is 13.5. The summed E-state index contributed by atoms with van der Waals surface area (Å²) in [5.74, 6) is -0.368. The van der Waals surface area contributed by atoms with Crippen LogP contribution >= 0.6 is 11.6 Å². The molecule has 0 unspecified atom stereocenters. The number of hydrogen-bond donors (Lipinski definition) is 2. The standard InChI is InChI=1S/C23H15ClF2N4O/c24-19-13-18(8-9-20(19)26)29-23(31)14-4-6-17(7-5-14)28-21-10-11-27-22(30-21)15-2-1-3-16(25)12-15/h1-13H,(H,29,31)(H,27,28,30). The molecule has 1 aromatic heterocycles. The Morgan fingerprint density at radius 2 is 1.68 bits per heavy atom. The zero-order valence-corrected chi connectivity index (χ0v) is 16.7. The molecule has 0 aliphatic carbocycles. The summed E-state index contributed by atoms with van der Waals surface area (Å²) in [6.07, 6.45) is 1.57. The average Bonchev–Trinajstić information content (AvgIpc) is 2.77. The number of carbonyl (C=O) groups excluding carboxylic acids is 1. The Kier molecular flexibility index (Phi) is 5.86. The summed E-state index contributed by atoms with van der Waals surface area (Å²) in [5.41, 5.74) is 2.07. The van der Waals surface area contributed by atoms with Crippen molar-refractivity contribution in [3.63, 3.8) is 0 Å². The Bertz CT molecular complexity index is 1250. The van der Waals surface area contributed by atoms with Crippen molar-refractivity contribution in [3.8, 4) is 11.4 Å². The quantitative estimate of drug-likeness (QED) is 0.398. The van der Waals surface area contributed by atoms with Gasteiger partial charge in [0.2, 0.25) is 0 Å². The van der Waals surface area contributed by atoms with Crippen LogP contribution in [0.15, 0.2) is 79.0 Å². The Morgan fingerprint density at radius 1 is 0.903 bits per heavy atom. The fraction of sp³-hybridized carbons (Fsp3) is 0. The molecule has 1 amide bonds. The normalized spacial score (nSPS) is 10.5. The average molecular weight is 437 g/mol. The molecule has 0 aliphatic rings. The minimum Gasteiger partial charge on any atom is -0.340 e. The molecule has 2 N–H and O–H groups in total. The highest BCUT2D eigenvalue weighted by atomic mass is 35.5. The van der Waals surface area contributed by atoms with E-state index in [9.17, 15) is 13.6 Å². The monoisotopic (exact) mass is 436 g/mol. The van der Waals surface area contributed by atoms with E-state index in [2.05, 4.69) is 20.6 Å². The van der Waals surface area contributed by atoms with Gasteiger partial charge in [-0.2, -0.15) is 0 Å². The van der Waals surface area contributed by atoms with Gasteiger partial charge in [0.15, 0.2) is 5.82 Å². The van der Waals surface area contributed by atoms with E-state index >= 15 is 0 Å². The van der Waals surface area contributed by atoms with Crippen LogP contribution in [-0.4, -0.2) is 15.9 Å². The first-order chi connectivity index (χ1) is 15.0. The topological polar surface area (TPSA) is 66.9 Å². The smallest absolute Gasteiger partial charge is 0.255 e. The van der Waals surface area contributed by atoms with E-state index in [0.717, 1.165) is 0 Å². The predicted octanol–water partition coefficient (Wildman–Crippen LogP) is 6.07. The second kappa shape index (κ2) is 8.89.